The number of methoxy groups -OCH3 is 1. The molecule has 0 saturated carbocycles. The fourth-order valence-corrected chi connectivity index (χ4v) is 2.59. The second-order valence-electron chi connectivity index (χ2n) is 6.75. The fourth-order valence-electron chi connectivity index (χ4n) is 2.59. The summed E-state index contributed by atoms with van der Waals surface area (Å²) in [5.41, 5.74) is 7.90. The van der Waals surface area contributed by atoms with Crippen LogP contribution in [0.3, 0.4) is 0 Å². The Morgan fingerprint density at radius 1 is 0.906 bits per heavy atom. The van der Waals surface area contributed by atoms with E-state index in [0.29, 0.717) is 24.6 Å². The lowest BCUT2D eigenvalue weighted by Crippen LogP contribution is -2.37. The molecule has 2 rings (SSSR count). The molecule has 0 spiro atoms. The van der Waals surface area contributed by atoms with Crippen LogP contribution >= 0.6 is 0 Å². The van der Waals surface area contributed by atoms with Gasteiger partial charge in [-0.3, -0.25) is 10.1 Å². The molecule has 2 aromatic carbocycles. The third-order valence-corrected chi connectivity index (χ3v) is 4.28. The Morgan fingerprint density at radius 2 is 1.50 bits per heavy atom. The number of carbonyl (C=O) groups is 3. The van der Waals surface area contributed by atoms with Crippen molar-refractivity contribution in [1.29, 1.82) is 0 Å². The normalized spacial score (nSPS) is 11.4. The summed E-state index contributed by atoms with van der Waals surface area (Å²) in [7, 11) is 1.57. The van der Waals surface area contributed by atoms with E-state index in [2.05, 4.69) is 10.6 Å². The Morgan fingerprint density at radius 3 is 2.12 bits per heavy atom. The summed E-state index contributed by atoms with van der Waals surface area (Å²) >= 11 is 0. The molecule has 1 unspecified atom stereocenters. The van der Waals surface area contributed by atoms with Crippen molar-refractivity contribution in [3.8, 4) is 0 Å². The third-order valence-electron chi connectivity index (χ3n) is 4.28. The number of carboxylic acid groups (broad SMARTS) is 1. The predicted molar refractivity (Wildman–Crippen MR) is 118 cm³/mol. The lowest BCUT2D eigenvalue weighted by Gasteiger charge is -2.13. The molecule has 0 aromatic heterocycles. The first-order chi connectivity index (χ1) is 15.4. The van der Waals surface area contributed by atoms with Crippen molar-refractivity contribution in [3.05, 3.63) is 59.7 Å². The monoisotopic (exact) mass is 445 g/mol. The van der Waals surface area contributed by atoms with Crippen molar-refractivity contribution < 1.29 is 33.7 Å². The number of aromatic carboxylic acids is 1. The smallest absolute Gasteiger partial charge is 0.411 e. The minimum atomic E-state index is -1.04. The molecule has 0 aliphatic carbocycles. The van der Waals surface area contributed by atoms with Crippen molar-refractivity contribution in [2.45, 2.75) is 12.5 Å². The maximum absolute atomic E-state index is 12.3. The summed E-state index contributed by atoms with van der Waals surface area (Å²) < 4.78 is 15.0. The molecule has 0 radical (unpaired) electrons. The topological polar surface area (TPSA) is 149 Å². The van der Waals surface area contributed by atoms with Crippen molar-refractivity contribution in [2.75, 3.05) is 44.2 Å². The molecule has 0 heterocycles. The molecule has 0 fully saturated rings. The van der Waals surface area contributed by atoms with Crippen molar-refractivity contribution in [3.63, 3.8) is 0 Å². The highest BCUT2D eigenvalue weighted by molar-refractivity contribution is 5.95. The van der Waals surface area contributed by atoms with Crippen LogP contribution in [0.1, 0.15) is 15.9 Å². The fraction of sp³-hybridized carbons (Fsp3) is 0.318. The van der Waals surface area contributed by atoms with Crippen molar-refractivity contribution >= 4 is 29.3 Å². The molecule has 32 heavy (non-hydrogen) atoms. The molecule has 10 nitrogen and oxygen atoms in total. The minimum absolute atomic E-state index is 0.122. The number of hydrogen-bond acceptors (Lipinski definition) is 7. The van der Waals surface area contributed by atoms with E-state index < -0.39 is 24.0 Å². The molecule has 0 aliphatic rings. The molecule has 2 amide bonds. The molecule has 10 heteroatoms. The van der Waals surface area contributed by atoms with Gasteiger partial charge in [0.2, 0.25) is 5.91 Å². The number of hydrogen-bond donors (Lipinski definition) is 4. The lowest BCUT2D eigenvalue weighted by atomic mass is 10.1. The van der Waals surface area contributed by atoms with E-state index in [1.807, 2.05) is 0 Å². The van der Waals surface area contributed by atoms with Gasteiger partial charge in [-0.15, -0.1) is 0 Å². The standard InChI is InChI=1S/C22H27N3O7/c1-30-10-11-31-12-13-32-22(29)25-18-6-2-15(3-7-18)14-19(23)20(26)24-17-8-4-16(5-9-17)21(27)28/h2-9,19H,10-14,23H2,1H3,(H,24,26)(H,25,29)(H,27,28). The summed E-state index contributed by atoms with van der Waals surface area (Å²) in [6.07, 6.45) is -0.319. The van der Waals surface area contributed by atoms with Gasteiger partial charge in [0.1, 0.15) is 6.61 Å². The van der Waals surface area contributed by atoms with E-state index in [1.165, 1.54) is 24.3 Å². The number of anilines is 2. The number of ether oxygens (including phenoxy) is 3. The van der Waals surface area contributed by atoms with Crippen LogP contribution in [0.5, 0.6) is 0 Å². The van der Waals surface area contributed by atoms with E-state index in [0.717, 1.165) is 5.56 Å². The molecule has 1 atom stereocenters. The van der Waals surface area contributed by atoms with E-state index in [1.54, 1.807) is 31.4 Å². The zero-order chi connectivity index (χ0) is 23.3. The van der Waals surface area contributed by atoms with E-state index in [-0.39, 0.29) is 25.2 Å². The van der Waals surface area contributed by atoms with E-state index in [4.69, 9.17) is 25.1 Å². The molecule has 172 valence electrons. The Balaban J connectivity index is 1.75. The summed E-state index contributed by atoms with van der Waals surface area (Å²) in [6, 6.07) is 11.8. The van der Waals surface area contributed by atoms with Gasteiger partial charge in [0.15, 0.2) is 0 Å². The van der Waals surface area contributed by atoms with Gasteiger partial charge in [0.25, 0.3) is 0 Å². The molecular formula is C22H27N3O7. The van der Waals surface area contributed by atoms with Gasteiger partial charge in [-0.05, 0) is 48.4 Å². The van der Waals surface area contributed by atoms with Gasteiger partial charge in [-0.2, -0.15) is 0 Å². The van der Waals surface area contributed by atoms with Gasteiger partial charge < -0.3 is 30.4 Å². The molecule has 0 aliphatic heterocycles. The van der Waals surface area contributed by atoms with Gasteiger partial charge in [-0.1, -0.05) is 12.1 Å². The van der Waals surface area contributed by atoms with Crippen LogP contribution in [-0.2, 0) is 25.4 Å². The number of benzene rings is 2. The number of carboxylic acids is 1. The zero-order valence-corrected chi connectivity index (χ0v) is 17.7. The third kappa shape index (κ3) is 8.72. The van der Waals surface area contributed by atoms with Crippen LogP contribution in [-0.4, -0.2) is 62.7 Å². The van der Waals surface area contributed by atoms with Crippen LogP contribution in [0.25, 0.3) is 0 Å². The highest BCUT2D eigenvalue weighted by atomic mass is 16.6. The Bertz CT molecular complexity index is 885. The van der Waals surface area contributed by atoms with Crippen LogP contribution in [0.2, 0.25) is 0 Å². The molecular weight excluding hydrogens is 418 g/mol. The zero-order valence-electron chi connectivity index (χ0n) is 17.7. The highest BCUT2D eigenvalue weighted by Crippen LogP contribution is 2.13. The first kappa shape index (κ1) is 24.8. The van der Waals surface area contributed by atoms with Crippen LogP contribution in [0.15, 0.2) is 48.5 Å². The molecule has 0 bridgehead atoms. The van der Waals surface area contributed by atoms with Gasteiger partial charge in [0, 0.05) is 18.5 Å². The Labute approximate surface area is 185 Å². The van der Waals surface area contributed by atoms with Gasteiger partial charge in [-0.25, -0.2) is 9.59 Å². The quantitative estimate of drug-likeness (QED) is 0.363. The van der Waals surface area contributed by atoms with E-state index >= 15 is 0 Å². The van der Waals surface area contributed by atoms with Crippen molar-refractivity contribution in [2.24, 2.45) is 5.73 Å². The van der Waals surface area contributed by atoms with Gasteiger partial charge >= 0.3 is 12.1 Å². The predicted octanol–water partition coefficient (Wildman–Crippen LogP) is 2.10. The lowest BCUT2D eigenvalue weighted by molar-refractivity contribution is -0.117. The maximum atomic E-state index is 12.3. The van der Waals surface area contributed by atoms with Crippen LogP contribution in [0.4, 0.5) is 16.2 Å². The largest absolute Gasteiger partial charge is 0.478 e. The summed E-state index contributed by atoms with van der Waals surface area (Å²) in [5.74, 6) is -1.44. The number of nitrogens with two attached hydrogens (primary N) is 1. The Kier molecular flexibility index (Phi) is 10.1. The number of rotatable bonds is 12. The van der Waals surface area contributed by atoms with E-state index in [9.17, 15) is 14.4 Å². The first-order valence-corrected chi connectivity index (χ1v) is 9.88. The first-order valence-electron chi connectivity index (χ1n) is 9.88. The number of amides is 2. The van der Waals surface area contributed by atoms with Crippen LogP contribution < -0.4 is 16.4 Å². The average Bonchev–Trinajstić information content (AvgIpc) is 2.77. The summed E-state index contributed by atoms with van der Waals surface area (Å²) in [5, 5.41) is 14.2. The summed E-state index contributed by atoms with van der Waals surface area (Å²) in [6.45, 7) is 1.31. The second-order valence-corrected chi connectivity index (χ2v) is 6.75. The second kappa shape index (κ2) is 13.1. The Hall–Kier alpha value is -3.47. The SMILES string of the molecule is COCCOCCOC(=O)Nc1ccc(CC(N)C(=O)Nc2ccc(C(=O)O)cc2)cc1. The highest BCUT2D eigenvalue weighted by Gasteiger charge is 2.15. The number of carbonyl (C=O) groups excluding carboxylic acids is 2. The summed E-state index contributed by atoms with van der Waals surface area (Å²) in [4.78, 5) is 34.9. The average molecular weight is 445 g/mol. The number of nitrogens with one attached hydrogen (secondary N) is 2. The maximum Gasteiger partial charge on any atom is 0.411 e. The molecule has 0 saturated heterocycles. The molecule has 2 aromatic rings. The van der Waals surface area contributed by atoms with Gasteiger partial charge in [0.05, 0.1) is 31.4 Å². The minimum Gasteiger partial charge on any atom is -0.478 e. The molecule has 5 N–H and O–H groups in total. The van der Waals surface area contributed by atoms with Crippen LogP contribution in [0, 0.1) is 0 Å². The van der Waals surface area contributed by atoms with Crippen molar-refractivity contribution in [1.82, 2.24) is 0 Å².